The van der Waals surface area contributed by atoms with E-state index in [0.717, 1.165) is 19.3 Å². The molecule has 1 aliphatic rings. The Morgan fingerprint density at radius 2 is 1.71 bits per heavy atom. The number of nitrogens with zero attached hydrogens (tertiary/aromatic N) is 2. The van der Waals surface area contributed by atoms with Crippen LogP contribution in [-0.4, -0.2) is 58.4 Å². The number of carbonyl (C=O) groups is 3. The molecular weight excluding hydrogens is 356 g/mol. The summed E-state index contributed by atoms with van der Waals surface area (Å²) in [6.45, 7) is 7.61. The average molecular weight is 389 g/mol. The van der Waals surface area contributed by atoms with Crippen LogP contribution in [-0.2, 0) is 9.59 Å². The van der Waals surface area contributed by atoms with Crippen molar-refractivity contribution in [1.82, 2.24) is 9.80 Å². The molecule has 1 heterocycles. The van der Waals surface area contributed by atoms with Crippen LogP contribution in [0.4, 0.5) is 0 Å². The third-order valence-electron chi connectivity index (χ3n) is 5.26. The number of carboxylic acids is 1. The lowest BCUT2D eigenvalue weighted by Crippen LogP contribution is -2.49. The lowest BCUT2D eigenvalue weighted by Gasteiger charge is -2.39. The molecule has 0 atom stereocenters. The molecule has 1 aromatic rings. The first-order valence-electron chi connectivity index (χ1n) is 10.1. The Hall–Kier alpha value is -2.37. The zero-order valence-electron chi connectivity index (χ0n) is 17.2. The molecular formula is C22H32N2O4. The van der Waals surface area contributed by atoms with E-state index in [1.54, 1.807) is 0 Å². The van der Waals surface area contributed by atoms with Gasteiger partial charge in [-0.15, -0.1) is 0 Å². The number of carboxylic acid groups (broad SMARTS) is 1. The number of carbonyl (C=O) groups excluding carboxylic acids is 2. The summed E-state index contributed by atoms with van der Waals surface area (Å²) in [7, 11) is 0. The van der Waals surface area contributed by atoms with Gasteiger partial charge in [-0.3, -0.25) is 14.4 Å². The van der Waals surface area contributed by atoms with E-state index in [1.807, 2.05) is 60.9 Å². The van der Waals surface area contributed by atoms with Gasteiger partial charge in [0.15, 0.2) is 0 Å². The van der Waals surface area contributed by atoms with E-state index in [2.05, 4.69) is 0 Å². The van der Waals surface area contributed by atoms with E-state index in [4.69, 9.17) is 5.11 Å². The summed E-state index contributed by atoms with van der Waals surface area (Å²) in [4.78, 5) is 40.3. The highest BCUT2D eigenvalue weighted by atomic mass is 16.4. The largest absolute Gasteiger partial charge is 0.481 e. The number of hydrogen-bond donors (Lipinski definition) is 1. The molecule has 1 aromatic carbocycles. The molecule has 2 rings (SSSR count). The van der Waals surface area contributed by atoms with Crippen LogP contribution in [0, 0.1) is 5.41 Å². The number of piperidine rings is 1. The Kier molecular flexibility index (Phi) is 7.61. The van der Waals surface area contributed by atoms with Crippen molar-refractivity contribution in [2.75, 3.05) is 19.6 Å². The van der Waals surface area contributed by atoms with E-state index >= 15 is 0 Å². The Balaban J connectivity index is 1.97. The van der Waals surface area contributed by atoms with Gasteiger partial charge in [-0.25, -0.2) is 0 Å². The minimum Gasteiger partial charge on any atom is -0.481 e. The Labute approximate surface area is 167 Å². The van der Waals surface area contributed by atoms with Crippen LogP contribution < -0.4 is 0 Å². The second-order valence-electron chi connectivity index (χ2n) is 8.39. The highest BCUT2D eigenvalue weighted by molar-refractivity contribution is 5.94. The second kappa shape index (κ2) is 9.71. The van der Waals surface area contributed by atoms with E-state index in [0.29, 0.717) is 25.2 Å². The van der Waals surface area contributed by atoms with Crippen LogP contribution in [0.3, 0.4) is 0 Å². The quantitative estimate of drug-likeness (QED) is 0.740. The van der Waals surface area contributed by atoms with Gasteiger partial charge in [0.25, 0.3) is 5.91 Å². The normalized spacial score (nSPS) is 15.3. The van der Waals surface area contributed by atoms with Crippen LogP contribution in [0.2, 0.25) is 0 Å². The highest BCUT2D eigenvalue weighted by Gasteiger charge is 2.33. The highest BCUT2D eigenvalue weighted by Crippen LogP contribution is 2.28. The molecule has 0 spiro atoms. The van der Waals surface area contributed by atoms with Gasteiger partial charge in [0.05, 0.1) is 6.42 Å². The van der Waals surface area contributed by atoms with Crippen molar-refractivity contribution in [2.24, 2.45) is 5.41 Å². The molecule has 1 saturated heterocycles. The van der Waals surface area contributed by atoms with Crippen LogP contribution in [0.1, 0.15) is 63.2 Å². The van der Waals surface area contributed by atoms with Crippen molar-refractivity contribution in [3.05, 3.63) is 35.9 Å². The third-order valence-corrected chi connectivity index (χ3v) is 5.26. The number of rotatable bonds is 8. The van der Waals surface area contributed by atoms with Crippen molar-refractivity contribution in [3.8, 4) is 0 Å². The molecule has 1 fully saturated rings. The smallest absolute Gasteiger partial charge is 0.303 e. The van der Waals surface area contributed by atoms with Crippen molar-refractivity contribution in [3.63, 3.8) is 0 Å². The fraction of sp³-hybridized carbons (Fsp3) is 0.591. The number of likely N-dealkylation sites (tertiary alicyclic amines) is 1. The van der Waals surface area contributed by atoms with Gasteiger partial charge in [-0.2, -0.15) is 0 Å². The molecule has 0 aromatic heterocycles. The van der Waals surface area contributed by atoms with E-state index in [9.17, 15) is 14.4 Å². The Morgan fingerprint density at radius 3 is 2.25 bits per heavy atom. The molecule has 1 N–H and O–H groups in total. The first-order valence-corrected chi connectivity index (χ1v) is 10.1. The monoisotopic (exact) mass is 388 g/mol. The molecule has 0 aliphatic carbocycles. The molecule has 1 aliphatic heterocycles. The summed E-state index contributed by atoms with van der Waals surface area (Å²) < 4.78 is 0. The van der Waals surface area contributed by atoms with Crippen LogP contribution in [0.5, 0.6) is 0 Å². The SMILES string of the molecule is CCCN(C(=O)CC(C)(C)CC(=O)O)C1CCN(C(=O)c2ccccc2)CC1. The summed E-state index contributed by atoms with van der Waals surface area (Å²) >= 11 is 0. The van der Waals surface area contributed by atoms with Gasteiger partial charge in [0.1, 0.15) is 0 Å². The molecule has 0 saturated carbocycles. The first-order chi connectivity index (χ1) is 13.2. The first kappa shape index (κ1) is 21.9. The lowest BCUT2D eigenvalue weighted by molar-refractivity contribution is -0.141. The predicted molar refractivity (Wildman–Crippen MR) is 108 cm³/mol. The van der Waals surface area contributed by atoms with Gasteiger partial charge in [0.2, 0.25) is 5.91 Å². The lowest BCUT2D eigenvalue weighted by atomic mass is 9.84. The van der Waals surface area contributed by atoms with Gasteiger partial charge < -0.3 is 14.9 Å². The average Bonchev–Trinajstić information content (AvgIpc) is 2.65. The summed E-state index contributed by atoms with van der Waals surface area (Å²) in [5.41, 5.74) is 0.122. The second-order valence-corrected chi connectivity index (χ2v) is 8.39. The maximum absolute atomic E-state index is 12.9. The van der Waals surface area contributed by atoms with Crippen molar-refractivity contribution >= 4 is 17.8 Å². The molecule has 0 unspecified atom stereocenters. The molecule has 154 valence electrons. The number of benzene rings is 1. The zero-order chi connectivity index (χ0) is 20.7. The maximum Gasteiger partial charge on any atom is 0.303 e. The minimum absolute atomic E-state index is 0.0148. The number of amides is 2. The van der Waals surface area contributed by atoms with Crippen molar-refractivity contribution in [2.45, 2.75) is 58.9 Å². The standard InChI is InChI=1S/C22H32N2O4/c1-4-12-24(19(25)15-22(2,3)16-20(26)27)18-10-13-23(14-11-18)21(28)17-8-6-5-7-9-17/h5-9,18H,4,10-16H2,1-3H3,(H,26,27). The van der Waals surface area contributed by atoms with Crippen molar-refractivity contribution in [1.29, 1.82) is 0 Å². The molecule has 0 bridgehead atoms. The van der Waals surface area contributed by atoms with Crippen molar-refractivity contribution < 1.29 is 19.5 Å². The molecule has 0 radical (unpaired) electrons. The number of aliphatic carboxylic acids is 1. The van der Waals surface area contributed by atoms with Gasteiger partial charge in [-0.05, 0) is 36.8 Å². The minimum atomic E-state index is -0.882. The summed E-state index contributed by atoms with van der Waals surface area (Å²) in [6, 6.07) is 9.37. The van der Waals surface area contributed by atoms with Crippen LogP contribution in [0.15, 0.2) is 30.3 Å². The Bertz CT molecular complexity index is 679. The topological polar surface area (TPSA) is 77.9 Å². The van der Waals surface area contributed by atoms with Gasteiger partial charge >= 0.3 is 5.97 Å². The molecule has 28 heavy (non-hydrogen) atoms. The Morgan fingerprint density at radius 1 is 1.11 bits per heavy atom. The van der Waals surface area contributed by atoms with E-state index < -0.39 is 11.4 Å². The summed E-state index contributed by atoms with van der Waals surface area (Å²) in [6.07, 6.45) is 2.56. The zero-order valence-corrected chi connectivity index (χ0v) is 17.2. The maximum atomic E-state index is 12.9. The van der Waals surface area contributed by atoms with E-state index in [-0.39, 0.29) is 30.7 Å². The molecule has 2 amide bonds. The summed E-state index contributed by atoms with van der Waals surface area (Å²) in [5.74, 6) is -0.830. The van der Waals surface area contributed by atoms with E-state index in [1.165, 1.54) is 0 Å². The molecule has 6 nitrogen and oxygen atoms in total. The fourth-order valence-electron chi connectivity index (χ4n) is 3.88. The fourth-order valence-corrected chi connectivity index (χ4v) is 3.88. The van der Waals surface area contributed by atoms with Crippen LogP contribution in [0.25, 0.3) is 0 Å². The summed E-state index contributed by atoms with van der Waals surface area (Å²) in [5, 5.41) is 9.07. The number of hydrogen-bond acceptors (Lipinski definition) is 3. The van der Waals surface area contributed by atoms with Gasteiger partial charge in [-0.1, -0.05) is 39.0 Å². The molecule has 6 heteroatoms. The predicted octanol–water partition coefficient (Wildman–Crippen LogP) is 3.42. The third kappa shape index (κ3) is 6.08. The van der Waals surface area contributed by atoms with Gasteiger partial charge in [0, 0.05) is 37.7 Å². The van der Waals surface area contributed by atoms with Crippen LogP contribution >= 0.6 is 0 Å².